The molecule has 6 nitrogen and oxygen atoms in total. The van der Waals surface area contributed by atoms with Gasteiger partial charge in [-0.1, -0.05) is 28.9 Å². The summed E-state index contributed by atoms with van der Waals surface area (Å²) < 4.78 is 3.67. The molecule has 126 valence electrons. The lowest BCUT2D eigenvalue weighted by atomic mass is 10.3. The second kappa shape index (κ2) is 6.31. The zero-order valence-corrected chi connectivity index (χ0v) is 14.3. The summed E-state index contributed by atoms with van der Waals surface area (Å²) in [6, 6.07) is 15.2. The average Bonchev–Trinajstić information content (AvgIpc) is 3.21. The van der Waals surface area contributed by atoms with Crippen LogP contribution in [0.25, 0.3) is 16.7 Å². The van der Waals surface area contributed by atoms with E-state index in [-0.39, 0.29) is 0 Å². The first-order valence-electron chi connectivity index (χ1n) is 7.92. The first-order valence-corrected chi connectivity index (χ1v) is 8.30. The summed E-state index contributed by atoms with van der Waals surface area (Å²) in [6.07, 6.45) is 1.20. The number of halogens is 1. The van der Waals surface area contributed by atoms with Crippen LogP contribution in [0.4, 0.5) is 0 Å². The van der Waals surface area contributed by atoms with Crippen molar-refractivity contribution >= 4 is 22.6 Å². The summed E-state index contributed by atoms with van der Waals surface area (Å²) in [4.78, 5) is 4.53. The van der Waals surface area contributed by atoms with Crippen LogP contribution in [-0.2, 0) is 6.54 Å². The van der Waals surface area contributed by atoms with Crippen LogP contribution < -0.4 is 0 Å². The summed E-state index contributed by atoms with van der Waals surface area (Å²) in [5, 5.41) is 19.2. The van der Waals surface area contributed by atoms with Gasteiger partial charge in [0, 0.05) is 5.02 Å². The zero-order valence-electron chi connectivity index (χ0n) is 13.5. The maximum Gasteiger partial charge on any atom is 0.138 e. The Hall–Kier alpha value is -2.70. The minimum atomic E-state index is -0.668. The second-order valence-electron chi connectivity index (χ2n) is 5.85. The number of benzene rings is 2. The van der Waals surface area contributed by atoms with E-state index in [2.05, 4.69) is 15.3 Å². The van der Waals surface area contributed by atoms with E-state index in [4.69, 9.17) is 11.6 Å². The highest BCUT2D eigenvalue weighted by molar-refractivity contribution is 6.30. The third-order valence-electron chi connectivity index (χ3n) is 4.01. The van der Waals surface area contributed by atoms with Crippen LogP contribution in [-0.4, -0.2) is 29.7 Å². The van der Waals surface area contributed by atoms with Gasteiger partial charge in [-0.15, -0.1) is 5.10 Å². The summed E-state index contributed by atoms with van der Waals surface area (Å²) in [5.74, 6) is 0.613. The molecule has 0 spiro atoms. The predicted molar refractivity (Wildman–Crippen MR) is 95.8 cm³/mol. The van der Waals surface area contributed by atoms with Crippen molar-refractivity contribution in [3.05, 3.63) is 71.3 Å². The molecule has 4 aromatic rings. The van der Waals surface area contributed by atoms with Gasteiger partial charge in [0.2, 0.25) is 0 Å². The maximum absolute atomic E-state index is 10.1. The molecule has 1 atom stereocenters. The fraction of sp³-hybridized carbons (Fsp3) is 0.167. The van der Waals surface area contributed by atoms with Crippen LogP contribution in [0, 0.1) is 0 Å². The monoisotopic (exact) mass is 353 g/mol. The Morgan fingerprint density at radius 2 is 1.88 bits per heavy atom. The Bertz CT molecular complexity index is 1020. The van der Waals surface area contributed by atoms with E-state index in [1.807, 2.05) is 59.3 Å². The first-order chi connectivity index (χ1) is 12.1. The van der Waals surface area contributed by atoms with Gasteiger partial charge in [-0.3, -0.25) is 0 Å². The van der Waals surface area contributed by atoms with E-state index >= 15 is 0 Å². The molecule has 0 aliphatic carbocycles. The number of hydrogen-bond acceptors (Lipinski definition) is 4. The van der Waals surface area contributed by atoms with Crippen LogP contribution in [0.2, 0.25) is 5.02 Å². The van der Waals surface area contributed by atoms with Crippen molar-refractivity contribution in [2.24, 2.45) is 0 Å². The molecule has 0 aliphatic heterocycles. The Morgan fingerprint density at radius 3 is 2.64 bits per heavy atom. The Labute approximate surface area is 149 Å². The molecule has 0 saturated heterocycles. The van der Waals surface area contributed by atoms with Crippen molar-refractivity contribution in [1.82, 2.24) is 24.5 Å². The van der Waals surface area contributed by atoms with Crippen molar-refractivity contribution in [3.8, 4) is 5.69 Å². The van der Waals surface area contributed by atoms with Gasteiger partial charge in [-0.25, -0.2) is 9.67 Å². The normalized spacial score (nSPS) is 12.6. The van der Waals surface area contributed by atoms with Crippen molar-refractivity contribution in [2.75, 3.05) is 0 Å². The van der Waals surface area contributed by atoms with Crippen molar-refractivity contribution in [2.45, 2.75) is 19.6 Å². The Balaban J connectivity index is 1.70. The lowest BCUT2D eigenvalue weighted by Gasteiger charge is -2.09. The molecule has 0 fully saturated rings. The molecule has 0 amide bonds. The third-order valence-corrected chi connectivity index (χ3v) is 4.26. The number of para-hydroxylation sites is 2. The molecule has 25 heavy (non-hydrogen) atoms. The molecule has 2 aromatic carbocycles. The van der Waals surface area contributed by atoms with Crippen LogP contribution in [0.15, 0.2) is 54.7 Å². The number of fused-ring (bicyclic) bond motifs is 1. The Kier molecular flexibility index (Phi) is 3.99. The van der Waals surface area contributed by atoms with E-state index in [9.17, 15) is 5.11 Å². The van der Waals surface area contributed by atoms with Crippen LogP contribution in [0.5, 0.6) is 0 Å². The lowest BCUT2D eigenvalue weighted by molar-refractivity contribution is 0.185. The highest BCUT2D eigenvalue weighted by Gasteiger charge is 2.16. The molecule has 7 heteroatoms. The summed E-state index contributed by atoms with van der Waals surface area (Å²) in [6.45, 7) is 2.19. The number of nitrogens with zero attached hydrogens (tertiary/aromatic N) is 5. The maximum atomic E-state index is 10.1. The van der Waals surface area contributed by atoms with Gasteiger partial charge in [0.25, 0.3) is 0 Å². The van der Waals surface area contributed by atoms with Crippen molar-refractivity contribution < 1.29 is 5.11 Å². The summed E-state index contributed by atoms with van der Waals surface area (Å²) >= 11 is 5.92. The van der Waals surface area contributed by atoms with E-state index in [0.29, 0.717) is 17.4 Å². The van der Waals surface area contributed by atoms with Gasteiger partial charge in [0.1, 0.15) is 17.6 Å². The highest BCUT2D eigenvalue weighted by atomic mass is 35.5. The van der Waals surface area contributed by atoms with Gasteiger partial charge in [-0.2, -0.15) is 0 Å². The fourth-order valence-electron chi connectivity index (χ4n) is 2.83. The molecule has 2 aromatic heterocycles. The van der Waals surface area contributed by atoms with E-state index < -0.39 is 6.10 Å². The molecule has 2 heterocycles. The molecule has 0 aliphatic rings. The van der Waals surface area contributed by atoms with Crippen LogP contribution in [0.3, 0.4) is 0 Å². The molecule has 0 bridgehead atoms. The van der Waals surface area contributed by atoms with Crippen molar-refractivity contribution in [1.29, 1.82) is 0 Å². The van der Waals surface area contributed by atoms with Gasteiger partial charge in [0.05, 0.1) is 29.5 Å². The summed E-state index contributed by atoms with van der Waals surface area (Å²) in [7, 11) is 0. The van der Waals surface area contributed by atoms with E-state index in [1.54, 1.807) is 11.6 Å². The molecule has 1 unspecified atom stereocenters. The van der Waals surface area contributed by atoms with Crippen LogP contribution >= 0.6 is 11.6 Å². The molecule has 0 radical (unpaired) electrons. The lowest BCUT2D eigenvalue weighted by Crippen LogP contribution is -2.08. The topological polar surface area (TPSA) is 68.8 Å². The minimum Gasteiger partial charge on any atom is -0.385 e. The Morgan fingerprint density at radius 1 is 1.12 bits per heavy atom. The molecule has 1 N–H and O–H groups in total. The average molecular weight is 354 g/mol. The molecular formula is C18H16ClN5O. The van der Waals surface area contributed by atoms with Gasteiger partial charge in [-0.05, 0) is 43.3 Å². The van der Waals surface area contributed by atoms with Gasteiger partial charge >= 0.3 is 0 Å². The second-order valence-corrected chi connectivity index (χ2v) is 6.29. The summed E-state index contributed by atoms with van der Waals surface area (Å²) in [5.41, 5.74) is 3.47. The number of aliphatic hydroxyl groups excluding tert-OH is 1. The van der Waals surface area contributed by atoms with Gasteiger partial charge < -0.3 is 9.67 Å². The third kappa shape index (κ3) is 3.01. The number of aromatic nitrogens is 5. The number of rotatable bonds is 4. The standard InChI is InChI=1S/C18H16ClN5O/c1-12(25)18-20-16-4-2-3-5-17(16)23(18)10-14-11-24(22-21-14)15-8-6-13(19)7-9-15/h2-9,11-12,25H,10H2,1H3. The smallest absolute Gasteiger partial charge is 0.138 e. The fourth-order valence-corrected chi connectivity index (χ4v) is 2.96. The predicted octanol–water partition coefficient (Wildman–Crippen LogP) is 3.37. The SMILES string of the molecule is CC(O)c1nc2ccccc2n1Cc1cn(-c2ccc(Cl)cc2)nn1. The quantitative estimate of drug-likeness (QED) is 0.610. The van der Waals surface area contributed by atoms with Crippen LogP contribution in [0.1, 0.15) is 24.5 Å². The molecule has 0 saturated carbocycles. The van der Waals surface area contributed by atoms with E-state index in [0.717, 1.165) is 22.4 Å². The molecule has 4 rings (SSSR count). The highest BCUT2D eigenvalue weighted by Crippen LogP contribution is 2.22. The number of imidazole rings is 1. The van der Waals surface area contributed by atoms with Gasteiger partial charge in [0.15, 0.2) is 0 Å². The van der Waals surface area contributed by atoms with E-state index in [1.165, 1.54) is 0 Å². The number of hydrogen-bond donors (Lipinski definition) is 1. The minimum absolute atomic E-state index is 0.480. The zero-order chi connectivity index (χ0) is 17.4. The largest absolute Gasteiger partial charge is 0.385 e. The molecular weight excluding hydrogens is 338 g/mol. The van der Waals surface area contributed by atoms with Crippen molar-refractivity contribution in [3.63, 3.8) is 0 Å². The first kappa shape index (κ1) is 15.8. The number of aliphatic hydroxyl groups is 1.